The first-order valence-electron chi connectivity index (χ1n) is 7.79. The molecule has 0 heterocycles. The van der Waals surface area contributed by atoms with Crippen molar-refractivity contribution in [2.45, 2.75) is 59.0 Å². The molecule has 0 amide bonds. The third kappa shape index (κ3) is 4.06. The van der Waals surface area contributed by atoms with Crippen molar-refractivity contribution in [3.05, 3.63) is 0 Å². The zero-order valence-electron chi connectivity index (χ0n) is 12.8. The van der Waals surface area contributed by atoms with Crippen molar-refractivity contribution in [1.82, 2.24) is 0 Å². The van der Waals surface area contributed by atoms with Gasteiger partial charge in [0.05, 0.1) is 12.7 Å². The molecule has 0 radical (unpaired) electrons. The van der Waals surface area contributed by atoms with E-state index in [9.17, 15) is 4.57 Å². The highest BCUT2D eigenvalue weighted by Gasteiger charge is 2.40. The van der Waals surface area contributed by atoms with Crippen LogP contribution in [-0.2, 0) is 13.6 Å². The predicted molar refractivity (Wildman–Crippen MR) is 78.4 cm³/mol. The number of rotatable bonds is 5. The molecule has 0 N–H and O–H groups in total. The Morgan fingerprint density at radius 2 is 1.74 bits per heavy atom. The maximum absolute atomic E-state index is 12.5. The first-order valence-corrected chi connectivity index (χ1v) is 9.78. The van der Waals surface area contributed by atoms with E-state index in [0.29, 0.717) is 30.3 Å². The highest BCUT2D eigenvalue weighted by Crippen LogP contribution is 2.51. The van der Waals surface area contributed by atoms with Gasteiger partial charge in [0.1, 0.15) is 0 Å². The van der Waals surface area contributed by atoms with Crippen LogP contribution in [0.4, 0.5) is 0 Å². The van der Waals surface area contributed by atoms with Gasteiger partial charge in [0, 0.05) is 6.66 Å². The molecule has 0 aromatic carbocycles. The van der Waals surface area contributed by atoms with E-state index in [0.717, 1.165) is 6.42 Å². The molecule has 3 nitrogen and oxygen atoms in total. The van der Waals surface area contributed by atoms with Gasteiger partial charge >= 0.3 is 7.60 Å². The minimum absolute atomic E-state index is 0.0920. The van der Waals surface area contributed by atoms with Crippen LogP contribution < -0.4 is 0 Å². The van der Waals surface area contributed by atoms with Crippen molar-refractivity contribution in [3.8, 4) is 0 Å². The molecular formula is C15H29O3P. The first kappa shape index (κ1) is 15.5. The molecular weight excluding hydrogens is 259 g/mol. The lowest BCUT2D eigenvalue weighted by molar-refractivity contribution is 0.0896. The molecule has 0 aromatic heterocycles. The van der Waals surface area contributed by atoms with E-state index in [1.807, 2.05) is 0 Å². The molecule has 4 heteroatoms. The second kappa shape index (κ2) is 6.28. The fourth-order valence-electron chi connectivity index (χ4n) is 3.65. The Kier molecular flexibility index (Phi) is 5.14. The summed E-state index contributed by atoms with van der Waals surface area (Å²) in [5.74, 6) is 2.19. The molecule has 2 aliphatic rings. The Morgan fingerprint density at radius 3 is 2.26 bits per heavy atom. The molecule has 2 rings (SSSR count). The van der Waals surface area contributed by atoms with E-state index in [1.54, 1.807) is 6.66 Å². The van der Waals surface area contributed by atoms with Crippen LogP contribution in [0.15, 0.2) is 0 Å². The van der Waals surface area contributed by atoms with E-state index < -0.39 is 7.60 Å². The molecule has 0 aliphatic heterocycles. The largest absolute Gasteiger partial charge is 0.327 e. The van der Waals surface area contributed by atoms with Gasteiger partial charge in [-0.3, -0.25) is 4.57 Å². The van der Waals surface area contributed by atoms with Gasteiger partial charge in [0.25, 0.3) is 0 Å². The van der Waals surface area contributed by atoms with Crippen LogP contribution in [0.25, 0.3) is 0 Å². The van der Waals surface area contributed by atoms with E-state index in [4.69, 9.17) is 9.05 Å². The fraction of sp³-hybridized carbons (Fsp3) is 1.00. The summed E-state index contributed by atoms with van der Waals surface area (Å²) < 4.78 is 24.0. The van der Waals surface area contributed by atoms with Crippen LogP contribution in [0.1, 0.15) is 52.9 Å². The lowest BCUT2D eigenvalue weighted by atomic mass is 9.99. The Labute approximate surface area is 118 Å². The second-order valence-electron chi connectivity index (χ2n) is 6.84. The van der Waals surface area contributed by atoms with Crippen LogP contribution in [0.3, 0.4) is 0 Å². The van der Waals surface area contributed by atoms with Gasteiger partial charge in [0.15, 0.2) is 0 Å². The predicted octanol–water partition coefficient (Wildman–Crippen LogP) is 4.71. The third-order valence-corrected chi connectivity index (χ3v) is 6.30. The van der Waals surface area contributed by atoms with E-state index in [-0.39, 0.29) is 6.10 Å². The summed E-state index contributed by atoms with van der Waals surface area (Å²) in [4.78, 5) is 0. The summed E-state index contributed by atoms with van der Waals surface area (Å²) in [5, 5.41) is 0. The van der Waals surface area contributed by atoms with Gasteiger partial charge < -0.3 is 9.05 Å². The Hall–Kier alpha value is 0.150. The standard InChI is InChI=1S/C15H29O3P/c1-11-9-12(2)15(13(11)3)18-19(4,16)17-10-14-7-5-6-8-14/h11-15H,5-10H2,1-4H3/t11-,12+,13?,15+,19?/m1/s1. The van der Waals surface area contributed by atoms with Crippen molar-refractivity contribution in [2.24, 2.45) is 23.7 Å². The van der Waals surface area contributed by atoms with Crippen molar-refractivity contribution < 1.29 is 13.6 Å². The summed E-state index contributed by atoms with van der Waals surface area (Å²) in [6, 6.07) is 0. The van der Waals surface area contributed by atoms with Crippen molar-refractivity contribution in [2.75, 3.05) is 13.3 Å². The van der Waals surface area contributed by atoms with E-state index in [1.165, 1.54) is 25.7 Å². The SMILES string of the molecule is CC1[C@H](C)C[C@H](C)[C@@H]1OP(C)(=O)OCC1CCCC1. The molecule has 0 bridgehead atoms. The quantitative estimate of drug-likeness (QED) is 0.687. The van der Waals surface area contributed by atoms with Gasteiger partial charge in [-0.15, -0.1) is 0 Å². The van der Waals surface area contributed by atoms with E-state index >= 15 is 0 Å². The minimum Gasteiger partial charge on any atom is -0.308 e. The zero-order valence-corrected chi connectivity index (χ0v) is 13.7. The molecule has 2 unspecified atom stereocenters. The van der Waals surface area contributed by atoms with Crippen LogP contribution >= 0.6 is 7.60 Å². The zero-order chi connectivity index (χ0) is 14.0. The molecule has 2 fully saturated rings. The molecule has 19 heavy (non-hydrogen) atoms. The van der Waals surface area contributed by atoms with Crippen molar-refractivity contribution in [3.63, 3.8) is 0 Å². The maximum atomic E-state index is 12.5. The molecule has 112 valence electrons. The van der Waals surface area contributed by atoms with Gasteiger partial charge in [-0.2, -0.15) is 0 Å². The van der Waals surface area contributed by atoms with Crippen LogP contribution in [0.2, 0.25) is 0 Å². The summed E-state index contributed by atoms with van der Waals surface area (Å²) >= 11 is 0. The van der Waals surface area contributed by atoms with E-state index in [2.05, 4.69) is 20.8 Å². The Bertz CT molecular complexity index is 338. The average Bonchev–Trinajstić information content (AvgIpc) is 2.92. The smallest absolute Gasteiger partial charge is 0.308 e. The average molecular weight is 288 g/mol. The molecule has 2 aliphatic carbocycles. The second-order valence-corrected chi connectivity index (χ2v) is 8.85. The lowest BCUT2D eigenvalue weighted by Gasteiger charge is -2.26. The molecule has 5 atom stereocenters. The van der Waals surface area contributed by atoms with Gasteiger partial charge in [-0.05, 0) is 42.9 Å². The maximum Gasteiger partial charge on any atom is 0.327 e. The van der Waals surface area contributed by atoms with Gasteiger partial charge in [-0.1, -0.05) is 33.6 Å². The first-order chi connectivity index (χ1) is 8.89. The molecule has 0 spiro atoms. The van der Waals surface area contributed by atoms with Crippen molar-refractivity contribution >= 4 is 7.60 Å². The summed E-state index contributed by atoms with van der Waals surface area (Å²) in [6.45, 7) is 8.91. The third-order valence-electron chi connectivity index (χ3n) is 5.05. The normalized spacial score (nSPS) is 39.6. The van der Waals surface area contributed by atoms with Gasteiger partial charge in [0.2, 0.25) is 0 Å². The molecule has 0 aromatic rings. The summed E-state index contributed by atoms with van der Waals surface area (Å²) in [5.41, 5.74) is 0. The summed E-state index contributed by atoms with van der Waals surface area (Å²) in [7, 11) is -2.90. The van der Waals surface area contributed by atoms with Crippen LogP contribution in [0.5, 0.6) is 0 Å². The van der Waals surface area contributed by atoms with Gasteiger partial charge in [-0.25, -0.2) is 0 Å². The fourth-order valence-corrected chi connectivity index (χ4v) is 5.03. The molecule has 0 saturated heterocycles. The topological polar surface area (TPSA) is 35.5 Å². The molecule has 2 saturated carbocycles. The van der Waals surface area contributed by atoms with Crippen LogP contribution in [0, 0.1) is 23.7 Å². The summed E-state index contributed by atoms with van der Waals surface area (Å²) in [6.07, 6.45) is 6.26. The van der Waals surface area contributed by atoms with Crippen LogP contribution in [-0.4, -0.2) is 19.4 Å². The monoisotopic (exact) mass is 288 g/mol. The van der Waals surface area contributed by atoms with Crippen molar-refractivity contribution in [1.29, 1.82) is 0 Å². The Morgan fingerprint density at radius 1 is 1.11 bits per heavy atom. The highest BCUT2D eigenvalue weighted by molar-refractivity contribution is 7.53. The minimum atomic E-state index is -2.90. The Balaban J connectivity index is 1.84. The number of hydrogen-bond donors (Lipinski definition) is 0. The number of hydrogen-bond acceptors (Lipinski definition) is 3. The lowest BCUT2D eigenvalue weighted by Crippen LogP contribution is -2.22. The highest BCUT2D eigenvalue weighted by atomic mass is 31.2.